The molecule has 0 aliphatic rings. The molecule has 0 spiro atoms. The van der Waals surface area contributed by atoms with Crippen LogP contribution in [-0.2, 0) is 11.2 Å². The second-order valence-corrected chi connectivity index (χ2v) is 5.33. The predicted octanol–water partition coefficient (Wildman–Crippen LogP) is 1.21. The van der Waals surface area contributed by atoms with Crippen molar-refractivity contribution in [3.8, 4) is 0 Å². The molecule has 118 valence electrons. The van der Waals surface area contributed by atoms with E-state index >= 15 is 0 Å². The molecule has 0 radical (unpaired) electrons. The highest BCUT2D eigenvalue weighted by Crippen LogP contribution is 2.19. The van der Waals surface area contributed by atoms with E-state index in [1.54, 1.807) is 0 Å². The summed E-state index contributed by atoms with van der Waals surface area (Å²) >= 11 is 0. The number of nitrogens with two attached hydrogens (primary N) is 1. The molecule has 5 N–H and O–H groups in total. The number of nitrogens with one attached hydrogen (secondary N) is 3. The van der Waals surface area contributed by atoms with Crippen LogP contribution >= 0.6 is 0 Å². The number of aryl methyl sites for hydroxylation is 1. The van der Waals surface area contributed by atoms with E-state index in [2.05, 4.69) is 39.9 Å². The van der Waals surface area contributed by atoms with Gasteiger partial charge in [-0.1, -0.05) is 20.8 Å². The molecule has 1 rings (SSSR count). The molecule has 0 aromatic carbocycles. The number of hydrogen-bond acceptors (Lipinski definition) is 6. The van der Waals surface area contributed by atoms with Crippen molar-refractivity contribution < 1.29 is 4.79 Å². The maximum atomic E-state index is 11.7. The smallest absolute Gasteiger partial charge is 0.221 e. The van der Waals surface area contributed by atoms with Crippen molar-refractivity contribution in [1.29, 1.82) is 0 Å². The lowest BCUT2D eigenvalue weighted by atomic mass is 10.2. The lowest BCUT2D eigenvalue weighted by Crippen LogP contribution is -2.28. The minimum atomic E-state index is 0.0378. The van der Waals surface area contributed by atoms with E-state index in [0.29, 0.717) is 42.9 Å². The number of hydrazine groups is 1. The summed E-state index contributed by atoms with van der Waals surface area (Å²) in [5.74, 6) is 7.98. The predicted molar refractivity (Wildman–Crippen MR) is 84.9 cm³/mol. The van der Waals surface area contributed by atoms with Gasteiger partial charge in [-0.2, -0.15) is 0 Å². The van der Waals surface area contributed by atoms with Crippen molar-refractivity contribution >= 4 is 17.5 Å². The molecule has 21 heavy (non-hydrogen) atoms. The zero-order valence-corrected chi connectivity index (χ0v) is 13.3. The van der Waals surface area contributed by atoms with Crippen molar-refractivity contribution in [2.24, 2.45) is 11.8 Å². The van der Waals surface area contributed by atoms with Gasteiger partial charge in [-0.05, 0) is 12.8 Å². The second-order valence-electron chi connectivity index (χ2n) is 5.33. The van der Waals surface area contributed by atoms with Gasteiger partial charge in [-0.15, -0.1) is 0 Å². The summed E-state index contributed by atoms with van der Waals surface area (Å²) in [6, 6.07) is 0. The fraction of sp³-hybridized carbons (Fsp3) is 0.643. The molecule has 0 aliphatic heterocycles. The third-order valence-corrected chi connectivity index (χ3v) is 3.00. The van der Waals surface area contributed by atoms with Crippen LogP contribution in [0.1, 0.15) is 38.6 Å². The average molecular weight is 294 g/mol. The van der Waals surface area contributed by atoms with Crippen molar-refractivity contribution in [2.75, 3.05) is 23.8 Å². The maximum Gasteiger partial charge on any atom is 0.221 e. The standard InChI is InChI=1S/C14H26N6O/c1-5-11-18-13(10(4)14(19-11)20-15)16-7-6-12(21)17-8-9(2)3/h9H,5-8,15H2,1-4H3,(H,17,21)(H2,16,18,19,20). The van der Waals surface area contributed by atoms with E-state index < -0.39 is 0 Å². The van der Waals surface area contributed by atoms with Crippen LogP contribution in [0.3, 0.4) is 0 Å². The van der Waals surface area contributed by atoms with Gasteiger partial charge in [0.05, 0.1) is 0 Å². The monoisotopic (exact) mass is 294 g/mol. The Hall–Kier alpha value is -1.89. The van der Waals surface area contributed by atoms with E-state index in [0.717, 1.165) is 12.0 Å². The fourth-order valence-electron chi connectivity index (χ4n) is 1.73. The zero-order chi connectivity index (χ0) is 15.8. The quantitative estimate of drug-likeness (QED) is 0.424. The lowest BCUT2D eigenvalue weighted by molar-refractivity contribution is -0.120. The van der Waals surface area contributed by atoms with Gasteiger partial charge < -0.3 is 16.1 Å². The normalized spacial score (nSPS) is 10.6. The van der Waals surface area contributed by atoms with Crippen LogP contribution in [0.2, 0.25) is 0 Å². The highest BCUT2D eigenvalue weighted by Gasteiger charge is 2.10. The fourth-order valence-corrected chi connectivity index (χ4v) is 1.73. The highest BCUT2D eigenvalue weighted by atomic mass is 16.1. The SMILES string of the molecule is CCc1nc(NN)c(C)c(NCCC(=O)NCC(C)C)n1. The summed E-state index contributed by atoms with van der Waals surface area (Å²) in [5.41, 5.74) is 3.42. The van der Waals surface area contributed by atoms with Crippen LogP contribution in [0.5, 0.6) is 0 Å². The minimum absolute atomic E-state index is 0.0378. The van der Waals surface area contributed by atoms with E-state index in [9.17, 15) is 4.79 Å². The first-order chi connectivity index (χ1) is 9.97. The summed E-state index contributed by atoms with van der Waals surface area (Å²) in [5, 5.41) is 6.06. The summed E-state index contributed by atoms with van der Waals surface area (Å²) in [6.45, 7) is 9.22. The van der Waals surface area contributed by atoms with Gasteiger partial charge in [0.25, 0.3) is 0 Å². The molecule has 0 bridgehead atoms. The third-order valence-electron chi connectivity index (χ3n) is 3.00. The molecule has 7 nitrogen and oxygen atoms in total. The molecule has 7 heteroatoms. The molecule has 0 saturated heterocycles. The number of anilines is 2. The molecule has 1 amide bonds. The molecular formula is C14H26N6O. The van der Waals surface area contributed by atoms with E-state index in [1.807, 2.05) is 13.8 Å². The number of nitrogens with zero attached hydrogens (tertiary/aromatic N) is 2. The van der Waals surface area contributed by atoms with Gasteiger partial charge in [0.15, 0.2) is 0 Å². The molecular weight excluding hydrogens is 268 g/mol. The Morgan fingerprint density at radius 2 is 1.95 bits per heavy atom. The Kier molecular flexibility index (Phi) is 6.87. The Morgan fingerprint density at radius 3 is 2.52 bits per heavy atom. The van der Waals surface area contributed by atoms with Crippen molar-refractivity contribution in [3.63, 3.8) is 0 Å². The first-order valence-electron chi connectivity index (χ1n) is 7.32. The number of amides is 1. The van der Waals surface area contributed by atoms with Crippen molar-refractivity contribution in [1.82, 2.24) is 15.3 Å². The van der Waals surface area contributed by atoms with E-state index in [4.69, 9.17) is 5.84 Å². The molecule has 0 fully saturated rings. The molecule has 0 unspecified atom stereocenters. The van der Waals surface area contributed by atoms with Crippen LogP contribution in [0.4, 0.5) is 11.6 Å². The largest absolute Gasteiger partial charge is 0.369 e. The van der Waals surface area contributed by atoms with Gasteiger partial charge >= 0.3 is 0 Å². The van der Waals surface area contributed by atoms with Crippen LogP contribution in [-0.4, -0.2) is 29.0 Å². The summed E-state index contributed by atoms with van der Waals surface area (Å²) in [7, 11) is 0. The average Bonchev–Trinajstić information content (AvgIpc) is 2.46. The number of carbonyl (C=O) groups excluding carboxylic acids is 1. The van der Waals surface area contributed by atoms with Crippen LogP contribution in [0.25, 0.3) is 0 Å². The summed E-state index contributed by atoms with van der Waals surface area (Å²) in [6.07, 6.45) is 1.13. The molecule has 1 heterocycles. The minimum Gasteiger partial charge on any atom is -0.369 e. The van der Waals surface area contributed by atoms with Gasteiger partial charge in [-0.25, -0.2) is 15.8 Å². The van der Waals surface area contributed by atoms with E-state index in [-0.39, 0.29) is 5.91 Å². The Morgan fingerprint density at radius 1 is 1.29 bits per heavy atom. The molecule has 1 aromatic heterocycles. The molecule has 0 aliphatic carbocycles. The third kappa shape index (κ3) is 5.55. The maximum absolute atomic E-state index is 11.7. The Labute approximate surface area is 126 Å². The van der Waals surface area contributed by atoms with E-state index in [1.165, 1.54) is 0 Å². The first kappa shape index (κ1) is 17.2. The first-order valence-corrected chi connectivity index (χ1v) is 7.32. The lowest BCUT2D eigenvalue weighted by Gasteiger charge is -2.13. The molecule has 0 atom stereocenters. The number of rotatable bonds is 8. The number of carbonyl (C=O) groups is 1. The van der Waals surface area contributed by atoms with Crippen LogP contribution < -0.4 is 21.9 Å². The zero-order valence-electron chi connectivity index (χ0n) is 13.3. The molecule has 1 aromatic rings. The van der Waals surface area contributed by atoms with Crippen molar-refractivity contribution in [2.45, 2.75) is 40.5 Å². The highest BCUT2D eigenvalue weighted by molar-refractivity contribution is 5.76. The van der Waals surface area contributed by atoms with Gasteiger partial charge in [0, 0.05) is 31.5 Å². The Balaban J connectivity index is 2.57. The van der Waals surface area contributed by atoms with Crippen molar-refractivity contribution in [3.05, 3.63) is 11.4 Å². The van der Waals surface area contributed by atoms with Gasteiger partial charge in [-0.3, -0.25) is 4.79 Å². The summed E-state index contributed by atoms with van der Waals surface area (Å²) in [4.78, 5) is 20.4. The number of hydrogen-bond donors (Lipinski definition) is 4. The summed E-state index contributed by atoms with van der Waals surface area (Å²) < 4.78 is 0. The number of nitrogen functional groups attached to an aromatic ring is 1. The topological polar surface area (TPSA) is 105 Å². The Bertz CT molecular complexity index is 475. The second kappa shape index (κ2) is 8.41. The number of aromatic nitrogens is 2. The van der Waals surface area contributed by atoms with Crippen LogP contribution in [0, 0.1) is 12.8 Å². The van der Waals surface area contributed by atoms with Gasteiger partial charge in [0.1, 0.15) is 17.5 Å². The van der Waals surface area contributed by atoms with Crippen LogP contribution in [0.15, 0.2) is 0 Å². The molecule has 0 saturated carbocycles. The van der Waals surface area contributed by atoms with Gasteiger partial charge in [0.2, 0.25) is 5.91 Å².